The van der Waals surface area contributed by atoms with Crippen LogP contribution in [-0.2, 0) is 6.42 Å². The highest BCUT2D eigenvalue weighted by Crippen LogP contribution is 2.21. The maximum Gasteiger partial charge on any atom is 0.271 e. The van der Waals surface area contributed by atoms with Crippen LogP contribution < -0.4 is 11.3 Å². The molecule has 3 heteroatoms. The van der Waals surface area contributed by atoms with Gasteiger partial charge in [-0.1, -0.05) is 38.0 Å². The van der Waals surface area contributed by atoms with Gasteiger partial charge >= 0.3 is 0 Å². The molecule has 3 N–H and O–H groups in total. The fraction of sp³-hybridized carbons (Fsp3) is 0.357. The fourth-order valence-corrected chi connectivity index (χ4v) is 2.15. The number of hydrogen-bond donors (Lipinski definition) is 2. The molecular weight excluding hydrogens is 212 g/mol. The lowest BCUT2D eigenvalue weighted by atomic mass is 10.0. The average molecular weight is 230 g/mol. The van der Waals surface area contributed by atoms with E-state index in [1.807, 2.05) is 24.3 Å². The molecule has 0 spiro atoms. The number of hydrogen-bond acceptors (Lipinski definition) is 2. The van der Waals surface area contributed by atoms with Crippen molar-refractivity contribution in [1.82, 2.24) is 4.98 Å². The molecule has 0 atom stereocenters. The number of nitrogens with one attached hydrogen (secondary N) is 1. The van der Waals surface area contributed by atoms with Gasteiger partial charge in [-0.05, 0) is 24.5 Å². The maximum absolute atomic E-state index is 11.7. The number of aromatic amines is 1. The number of pyridine rings is 1. The number of unbranched alkanes of at least 4 members (excludes halogenated alkanes) is 2. The van der Waals surface area contributed by atoms with Crippen LogP contribution in [0.5, 0.6) is 0 Å². The smallest absolute Gasteiger partial charge is 0.271 e. The Labute approximate surface area is 101 Å². The van der Waals surface area contributed by atoms with Gasteiger partial charge in [0.1, 0.15) is 5.69 Å². The molecule has 0 aliphatic rings. The first-order valence-electron chi connectivity index (χ1n) is 6.13. The summed E-state index contributed by atoms with van der Waals surface area (Å²) in [5.74, 6) is 0. The zero-order valence-corrected chi connectivity index (χ0v) is 10.1. The van der Waals surface area contributed by atoms with Crippen molar-refractivity contribution in [2.45, 2.75) is 32.6 Å². The number of para-hydroxylation sites is 1. The Morgan fingerprint density at radius 3 is 2.76 bits per heavy atom. The molecule has 0 aliphatic carbocycles. The summed E-state index contributed by atoms with van der Waals surface area (Å²) in [5, 5.41) is 1.07. The number of nitrogen functional groups attached to an aromatic ring is 1. The van der Waals surface area contributed by atoms with E-state index in [1.165, 1.54) is 12.8 Å². The summed E-state index contributed by atoms with van der Waals surface area (Å²) in [6, 6.07) is 7.83. The predicted molar refractivity (Wildman–Crippen MR) is 72.2 cm³/mol. The molecule has 2 aromatic rings. The molecule has 0 fully saturated rings. The molecule has 1 aromatic heterocycles. The Kier molecular flexibility index (Phi) is 3.47. The zero-order chi connectivity index (χ0) is 12.3. The molecule has 0 saturated carbocycles. The van der Waals surface area contributed by atoms with Crippen LogP contribution in [0.4, 0.5) is 5.69 Å². The van der Waals surface area contributed by atoms with Gasteiger partial charge in [0.05, 0.1) is 0 Å². The van der Waals surface area contributed by atoms with Crippen LogP contribution in [0, 0.1) is 0 Å². The van der Waals surface area contributed by atoms with Gasteiger partial charge < -0.3 is 10.7 Å². The van der Waals surface area contributed by atoms with Crippen molar-refractivity contribution in [3.8, 4) is 0 Å². The van der Waals surface area contributed by atoms with E-state index in [1.54, 1.807) is 0 Å². The highest BCUT2D eigenvalue weighted by molar-refractivity contribution is 5.85. The molecule has 1 heterocycles. The van der Waals surface area contributed by atoms with Crippen LogP contribution >= 0.6 is 0 Å². The topological polar surface area (TPSA) is 58.9 Å². The SMILES string of the molecule is CCCCCc1c(N)c(=O)[nH]c2ccccc12. The first kappa shape index (κ1) is 11.7. The number of aryl methyl sites for hydroxylation is 1. The zero-order valence-electron chi connectivity index (χ0n) is 10.1. The monoisotopic (exact) mass is 230 g/mol. The minimum Gasteiger partial charge on any atom is -0.394 e. The molecule has 3 nitrogen and oxygen atoms in total. The lowest BCUT2D eigenvalue weighted by Gasteiger charge is -2.09. The van der Waals surface area contributed by atoms with Crippen molar-refractivity contribution in [2.24, 2.45) is 0 Å². The third kappa shape index (κ3) is 2.33. The minimum absolute atomic E-state index is 0.171. The van der Waals surface area contributed by atoms with Crippen LogP contribution in [-0.4, -0.2) is 4.98 Å². The van der Waals surface area contributed by atoms with E-state index >= 15 is 0 Å². The minimum atomic E-state index is -0.171. The summed E-state index contributed by atoms with van der Waals surface area (Å²) >= 11 is 0. The van der Waals surface area contributed by atoms with E-state index in [4.69, 9.17) is 5.73 Å². The second-order valence-corrected chi connectivity index (χ2v) is 4.35. The Balaban J connectivity index is 2.50. The molecule has 0 unspecified atom stereocenters. The fourth-order valence-electron chi connectivity index (χ4n) is 2.15. The molecule has 0 aliphatic heterocycles. The van der Waals surface area contributed by atoms with E-state index in [0.29, 0.717) is 5.69 Å². The van der Waals surface area contributed by atoms with Crippen molar-refractivity contribution in [3.63, 3.8) is 0 Å². The van der Waals surface area contributed by atoms with Crippen LogP contribution in [0.1, 0.15) is 31.7 Å². The second kappa shape index (κ2) is 5.04. The third-order valence-electron chi connectivity index (χ3n) is 3.10. The molecule has 0 amide bonds. The number of nitrogens with two attached hydrogens (primary N) is 1. The van der Waals surface area contributed by atoms with E-state index in [9.17, 15) is 4.79 Å². The summed E-state index contributed by atoms with van der Waals surface area (Å²) in [5.41, 5.74) is 7.96. The Morgan fingerprint density at radius 1 is 1.24 bits per heavy atom. The van der Waals surface area contributed by atoms with Gasteiger partial charge in [-0.2, -0.15) is 0 Å². The molecule has 1 aromatic carbocycles. The largest absolute Gasteiger partial charge is 0.394 e. The number of H-pyrrole nitrogens is 1. The Morgan fingerprint density at radius 2 is 2.00 bits per heavy atom. The van der Waals surface area contributed by atoms with Crippen molar-refractivity contribution >= 4 is 16.6 Å². The summed E-state index contributed by atoms with van der Waals surface area (Å²) < 4.78 is 0. The Hall–Kier alpha value is -1.77. The average Bonchev–Trinajstić information content (AvgIpc) is 2.34. The number of rotatable bonds is 4. The lowest BCUT2D eigenvalue weighted by molar-refractivity contribution is 0.720. The van der Waals surface area contributed by atoms with E-state index in [-0.39, 0.29) is 5.56 Å². The molecule has 0 bridgehead atoms. The van der Waals surface area contributed by atoms with Gasteiger partial charge in [-0.15, -0.1) is 0 Å². The van der Waals surface area contributed by atoms with Crippen LogP contribution in [0.15, 0.2) is 29.1 Å². The summed E-state index contributed by atoms with van der Waals surface area (Å²) in [6.45, 7) is 2.17. The van der Waals surface area contributed by atoms with Gasteiger partial charge in [-0.25, -0.2) is 0 Å². The molecule has 17 heavy (non-hydrogen) atoms. The van der Waals surface area contributed by atoms with Gasteiger partial charge in [0, 0.05) is 10.9 Å². The van der Waals surface area contributed by atoms with Crippen molar-refractivity contribution in [1.29, 1.82) is 0 Å². The van der Waals surface area contributed by atoms with Crippen LogP contribution in [0.3, 0.4) is 0 Å². The van der Waals surface area contributed by atoms with Crippen LogP contribution in [0.2, 0.25) is 0 Å². The summed E-state index contributed by atoms with van der Waals surface area (Å²) in [4.78, 5) is 14.5. The van der Waals surface area contributed by atoms with Crippen molar-refractivity contribution < 1.29 is 0 Å². The normalized spacial score (nSPS) is 10.9. The maximum atomic E-state index is 11.7. The molecular formula is C14H18N2O. The highest BCUT2D eigenvalue weighted by Gasteiger charge is 2.08. The van der Waals surface area contributed by atoms with Gasteiger partial charge in [-0.3, -0.25) is 4.79 Å². The van der Waals surface area contributed by atoms with Gasteiger partial charge in [0.15, 0.2) is 0 Å². The third-order valence-corrected chi connectivity index (χ3v) is 3.10. The first-order chi connectivity index (χ1) is 8.24. The molecule has 90 valence electrons. The highest BCUT2D eigenvalue weighted by atomic mass is 16.1. The molecule has 0 saturated heterocycles. The summed E-state index contributed by atoms with van der Waals surface area (Å²) in [6.07, 6.45) is 4.29. The number of fused-ring (bicyclic) bond motifs is 1. The second-order valence-electron chi connectivity index (χ2n) is 4.35. The molecule has 0 radical (unpaired) electrons. The lowest BCUT2D eigenvalue weighted by Crippen LogP contribution is -2.15. The number of anilines is 1. The number of aromatic nitrogens is 1. The van der Waals surface area contributed by atoms with Crippen LogP contribution in [0.25, 0.3) is 10.9 Å². The van der Waals surface area contributed by atoms with Gasteiger partial charge in [0.2, 0.25) is 0 Å². The summed E-state index contributed by atoms with van der Waals surface area (Å²) in [7, 11) is 0. The number of benzene rings is 1. The quantitative estimate of drug-likeness (QED) is 0.793. The Bertz CT molecular complexity index is 572. The van der Waals surface area contributed by atoms with E-state index in [0.717, 1.165) is 29.3 Å². The van der Waals surface area contributed by atoms with Gasteiger partial charge in [0.25, 0.3) is 5.56 Å². The predicted octanol–water partition coefficient (Wildman–Crippen LogP) is 2.84. The van der Waals surface area contributed by atoms with E-state index < -0.39 is 0 Å². The first-order valence-corrected chi connectivity index (χ1v) is 6.13. The standard InChI is InChI=1S/C14H18N2O/c1-2-3-4-8-11-10-7-5-6-9-12(10)16-14(17)13(11)15/h5-7,9H,2-4,8,15H2,1H3,(H,16,17). The van der Waals surface area contributed by atoms with E-state index in [2.05, 4.69) is 11.9 Å². The van der Waals surface area contributed by atoms with Crippen molar-refractivity contribution in [2.75, 3.05) is 5.73 Å². The molecule has 2 rings (SSSR count). The van der Waals surface area contributed by atoms with Crippen molar-refractivity contribution in [3.05, 3.63) is 40.2 Å².